The van der Waals surface area contributed by atoms with Crippen molar-refractivity contribution < 1.29 is 17.6 Å². The molecule has 4 N–H and O–H groups in total. The maximum Gasteiger partial charge on any atom is 0.151 e. The maximum atomic E-state index is 16.4. The third-order valence-corrected chi connectivity index (χ3v) is 12.7. The fourth-order valence-electron chi connectivity index (χ4n) is 9.91. The first kappa shape index (κ1) is 35.5. The predicted molar refractivity (Wildman–Crippen MR) is 211 cm³/mol. The Labute approximate surface area is 323 Å². The van der Waals surface area contributed by atoms with E-state index in [0.29, 0.717) is 65.0 Å². The van der Waals surface area contributed by atoms with E-state index in [4.69, 9.17) is 9.97 Å². The van der Waals surface area contributed by atoms with Crippen molar-refractivity contribution >= 4 is 33.4 Å². The van der Waals surface area contributed by atoms with Gasteiger partial charge >= 0.3 is 0 Å². The molecular weight excluding hydrogens is 717 g/mol. The lowest BCUT2D eigenvalue weighted by atomic mass is 9.90. The smallest absolute Gasteiger partial charge is 0.151 e. The van der Waals surface area contributed by atoms with Gasteiger partial charge in [-0.25, -0.2) is 27.5 Å². The molecule has 0 amide bonds. The van der Waals surface area contributed by atoms with Crippen molar-refractivity contribution in [2.75, 3.05) is 36.0 Å². The van der Waals surface area contributed by atoms with Crippen molar-refractivity contribution in [1.29, 1.82) is 0 Å². The zero-order valence-corrected chi connectivity index (χ0v) is 31.2. The molecule has 8 nitrogen and oxygen atoms in total. The number of H-pyrrole nitrogens is 2. The van der Waals surface area contributed by atoms with Crippen LogP contribution in [-0.2, 0) is 6.42 Å². The molecule has 0 bridgehead atoms. The van der Waals surface area contributed by atoms with E-state index in [1.165, 1.54) is 29.8 Å². The molecule has 2 aromatic heterocycles. The number of fused-ring (bicyclic) bond motifs is 2. The Bertz CT molecular complexity index is 2240. The molecule has 4 saturated heterocycles. The summed E-state index contributed by atoms with van der Waals surface area (Å²) in [6.07, 6.45) is 7.44. The van der Waals surface area contributed by atoms with Crippen LogP contribution >= 0.6 is 0 Å². The summed E-state index contributed by atoms with van der Waals surface area (Å²) in [5, 5.41) is 6.88. The number of hydrogen-bond donors (Lipinski definition) is 4. The van der Waals surface area contributed by atoms with Crippen molar-refractivity contribution in [2.45, 2.75) is 82.0 Å². The number of nitrogens with zero attached hydrogens (tertiary/aromatic N) is 4. The van der Waals surface area contributed by atoms with E-state index in [0.717, 1.165) is 69.7 Å². The largest absolute Gasteiger partial charge is 0.367 e. The highest BCUT2D eigenvalue weighted by Crippen LogP contribution is 2.50. The number of aromatic nitrogens is 4. The third kappa shape index (κ3) is 6.50. The van der Waals surface area contributed by atoms with Gasteiger partial charge in [0.25, 0.3) is 0 Å². The van der Waals surface area contributed by atoms with E-state index in [-0.39, 0.29) is 23.5 Å². The number of nitrogens with one attached hydrogen (secondary N) is 4. The zero-order chi connectivity index (χ0) is 37.9. The minimum absolute atomic E-state index is 0.0459. The van der Waals surface area contributed by atoms with Crippen LogP contribution in [0.2, 0.25) is 0 Å². The van der Waals surface area contributed by atoms with Crippen LogP contribution in [0.1, 0.15) is 104 Å². The minimum atomic E-state index is -0.678. The molecule has 4 atom stereocenters. The second-order valence-electron chi connectivity index (χ2n) is 16.2. The fraction of sp³-hybridized carbons (Fsp3) is 0.409. The number of aromatic amines is 2. The zero-order valence-electron chi connectivity index (χ0n) is 31.2. The van der Waals surface area contributed by atoms with Crippen molar-refractivity contribution in [3.05, 3.63) is 118 Å². The molecule has 4 aliphatic heterocycles. The topological polar surface area (TPSA) is 87.9 Å². The molecule has 6 heterocycles. The summed E-state index contributed by atoms with van der Waals surface area (Å²) in [5.74, 6) is -0.309. The predicted octanol–water partition coefficient (Wildman–Crippen LogP) is 9.39. The standard InChI is InChI=1S/C44H46F4N8/c45-30-23-38-36(51-43(53-38)34-8-4-14-49-34)21-28(30)40-10-11-41(29-22-37-39(24-31(29)46)54-44(52-37)35-9-5-15-50-35)56(40)27-19-32(47)42(33(48)20-27)55-16-12-26(13-17-55)18-25-6-2-1-3-7-25/h1-3,6-7,19-24,26,34-35,40-41,49-50H,4-5,8-18H2,(H,51,53)(H,52,54)/t34-,35-,40-,41+/m0/s1. The Morgan fingerprint density at radius 1 is 0.607 bits per heavy atom. The lowest BCUT2D eigenvalue weighted by molar-refractivity contribution is 0.397. The average molecular weight is 763 g/mol. The van der Waals surface area contributed by atoms with Crippen LogP contribution in [0.15, 0.2) is 66.7 Å². The van der Waals surface area contributed by atoms with Crippen molar-refractivity contribution in [3.63, 3.8) is 0 Å². The van der Waals surface area contributed by atoms with Crippen molar-refractivity contribution in [3.8, 4) is 0 Å². The summed E-state index contributed by atoms with van der Waals surface area (Å²) in [5.41, 5.74) is 4.64. The monoisotopic (exact) mass is 762 g/mol. The van der Waals surface area contributed by atoms with E-state index in [9.17, 15) is 0 Å². The van der Waals surface area contributed by atoms with Crippen LogP contribution in [0, 0.1) is 29.2 Å². The van der Waals surface area contributed by atoms with Gasteiger partial charge < -0.3 is 30.4 Å². The summed E-state index contributed by atoms with van der Waals surface area (Å²) in [4.78, 5) is 19.8. The number of piperidine rings is 1. The molecule has 10 rings (SSSR count). The lowest BCUT2D eigenvalue weighted by Crippen LogP contribution is -2.35. The molecule has 0 unspecified atom stereocenters. The van der Waals surface area contributed by atoms with Gasteiger partial charge in [-0.05, 0) is 107 Å². The van der Waals surface area contributed by atoms with E-state index < -0.39 is 35.4 Å². The molecule has 0 spiro atoms. The van der Waals surface area contributed by atoms with Gasteiger partial charge in [-0.3, -0.25) is 0 Å². The van der Waals surface area contributed by atoms with E-state index in [2.05, 4.69) is 32.7 Å². The minimum Gasteiger partial charge on any atom is -0.367 e. The molecule has 56 heavy (non-hydrogen) atoms. The molecular formula is C44H46F4N8. The second-order valence-corrected chi connectivity index (χ2v) is 16.2. The number of hydrogen-bond acceptors (Lipinski definition) is 6. The maximum absolute atomic E-state index is 16.4. The summed E-state index contributed by atoms with van der Waals surface area (Å²) in [6, 6.07) is 18.3. The van der Waals surface area contributed by atoms with Crippen LogP contribution in [0.3, 0.4) is 0 Å². The van der Waals surface area contributed by atoms with Gasteiger partial charge in [0.15, 0.2) is 11.6 Å². The third-order valence-electron chi connectivity index (χ3n) is 12.7. The quantitative estimate of drug-likeness (QED) is 0.116. The highest BCUT2D eigenvalue weighted by atomic mass is 19.1. The van der Waals surface area contributed by atoms with Gasteiger partial charge in [0, 0.05) is 42.0 Å². The molecule has 0 radical (unpaired) electrons. The van der Waals surface area contributed by atoms with Crippen LogP contribution < -0.4 is 20.4 Å². The first-order valence-corrected chi connectivity index (χ1v) is 20.3. The summed E-state index contributed by atoms with van der Waals surface area (Å²) in [7, 11) is 0. The van der Waals surface area contributed by atoms with Gasteiger partial charge in [-0.2, -0.15) is 0 Å². The average Bonchev–Trinajstić information content (AvgIpc) is 4.04. The normalized spacial score (nSPS) is 23.4. The number of imidazole rings is 2. The second kappa shape index (κ2) is 14.5. The molecule has 12 heteroatoms. The van der Waals surface area contributed by atoms with Gasteiger partial charge in [0.05, 0.1) is 46.2 Å². The van der Waals surface area contributed by atoms with Crippen LogP contribution in [0.4, 0.5) is 28.9 Å². The van der Waals surface area contributed by atoms with Crippen LogP contribution in [0.25, 0.3) is 22.1 Å². The first-order chi connectivity index (χ1) is 27.4. The molecule has 4 fully saturated rings. The summed E-state index contributed by atoms with van der Waals surface area (Å²) >= 11 is 0. The van der Waals surface area contributed by atoms with E-state index >= 15 is 17.6 Å². The molecule has 290 valence electrons. The molecule has 4 aliphatic rings. The SMILES string of the molecule is Fc1cc2nc([C@@H]3CCCN3)[nH]c2cc1[C@H]1CC[C@@H](c2cc3[nH]c([C@@H]4CCCN4)nc3cc2F)N1c1cc(F)c(N2CCC(Cc3ccccc3)CC2)c(F)c1. The van der Waals surface area contributed by atoms with Crippen LogP contribution in [0.5, 0.6) is 0 Å². The van der Waals surface area contributed by atoms with Crippen LogP contribution in [-0.4, -0.2) is 46.1 Å². The number of halogens is 4. The highest BCUT2D eigenvalue weighted by Gasteiger charge is 2.40. The van der Waals surface area contributed by atoms with Gasteiger partial charge in [-0.1, -0.05) is 30.3 Å². The molecule has 6 aromatic rings. The molecule has 0 aliphatic carbocycles. The molecule has 4 aromatic carbocycles. The van der Waals surface area contributed by atoms with Crippen molar-refractivity contribution in [2.24, 2.45) is 5.92 Å². The first-order valence-electron chi connectivity index (χ1n) is 20.3. The molecule has 0 saturated carbocycles. The fourth-order valence-corrected chi connectivity index (χ4v) is 9.91. The Morgan fingerprint density at radius 2 is 1.14 bits per heavy atom. The number of benzene rings is 4. The van der Waals surface area contributed by atoms with Gasteiger partial charge in [-0.15, -0.1) is 0 Å². The Balaban J connectivity index is 1.01. The van der Waals surface area contributed by atoms with Gasteiger partial charge in [0.2, 0.25) is 0 Å². The number of rotatable bonds is 8. The summed E-state index contributed by atoms with van der Waals surface area (Å²) in [6.45, 7) is 2.89. The highest BCUT2D eigenvalue weighted by molar-refractivity contribution is 5.78. The number of anilines is 2. The Kier molecular flexibility index (Phi) is 9.20. The Hall–Kier alpha value is -4.94. The van der Waals surface area contributed by atoms with E-state index in [1.54, 1.807) is 17.0 Å². The van der Waals surface area contributed by atoms with Crippen molar-refractivity contribution in [1.82, 2.24) is 30.6 Å². The van der Waals surface area contributed by atoms with E-state index in [1.807, 2.05) is 23.1 Å². The van der Waals surface area contributed by atoms with Gasteiger partial charge in [0.1, 0.15) is 29.0 Å². The summed E-state index contributed by atoms with van der Waals surface area (Å²) < 4.78 is 65.5. The Morgan fingerprint density at radius 3 is 1.64 bits per heavy atom. The lowest BCUT2D eigenvalue weighted by Gasteiger charge is -2.36.